The van der Waals surface area contributed by atoms with Gasteiger partial charge in [0.15, 0.2) is 0 Å². The zero-order valence-electron chi connectivity index (χ0n) is 30.5. The molecule has 0 atom stereocenters. The van der Waals surface area contributed by atoms with E-state index in [-0.39, 0.29) is 16.8 Å². The molecular weight excluding hydrogens is 740 g/mol. The summed E-state index contributed by atoms with van der Waals surface area (Å²) < 4.78 is 0. The van der Waals surface area contributed by atoms with Gasteiger partial charge in [-0.3, -0.25) is 0 Å². The molecule has 5 heteroatoms. The maximum atomic E-state index is 5.77. The molecular formula is C52H32CoN4. The fraction of sp³-hybridized carbons (Fsp3) is 0. The Morgan fingerprint density at radius 3 is 0.667 bits per heavy atom. The van der Waals surface area contributed by atoms with Crippen LogP contribution < -0.4 is 21.4 Å². The summed E-state index contributed by atoms with van der Waals surface area (Å²) in [6.07, 6.45) is 23.1. The molecule has 1 radical (unpaired) electrons. The molecule has 0 saturated heterocycles. The van der Waals surface area contributed by atoms with Crippen molar-refractivity contribution in [3.05, 3.63) is 234 Å². The molecule has 0 unspecified atom stereocenters. The van der Waals surface area contributed by atoms with E-state index in [0.717, 1.165) is 111 Å². The van der Waals surface area contributed by atoms with Crippen LogP contribution in [0.2, 0.25) is 0 Å². The third-order valence-electron chi connectivity index (χ3n) is 10.3. The predicted molar refractivity (Wildman–Crippen MR) is 226 cm³/mol. The van der Waals surface area contributed by atoms with E-state index < -0.39 is 0 Å². The van der Waals surface area contributed by atoms with Gasteiger partial charge in [0, 0.05) is 105 Å². The summed E-state index contributed by atoms with van der Waals surface area (Å²) in [6, 6.07) is 49.3. The molecule has 4 aromatic carbocycles. The molecule has 57 heavy (non-hydrogen) atoms. The average molecular weight is 772 g/mol. The van der Waals surface area contributed by atoms with E-state index in [2.05, 4.69) is 141 Å². The molecule has 8 aromatic rings. The Bertz CT molecular complexity index is 2810. The molecule has 0 saturated carbocycles. The molecule has 8 bridgehead atoms. The van der Waals surface area contributed by atoms with Crippen molar-refractivity contribution in [1.82, 2.24) is 19.9 Å². The average Bonchev–Trinajstić information content (AvgIpc) is 4.10. The van der Waals surface area contributed by atoms with Crippen LogP contribution in [0.1, 0.15) is 67.3 Å². The Balaban J connectivity index is 0.00000455. The molecule has 0 amide bonds. The van der Waals surface area contributed by atoms with Crippen LogP contribution in [0.25, 0.3) is 22.3 Å². The molecule has 4 nitrogen and oxygen atoms in total. The van der Waals surface area contributed by atoms with Gasteiger partial charge in [-0.15, -0.1) is 25.7 Å². The summed E-state index contributed by atoms with van der Waals surface area (Å²) in [4.78, 5) is 15.2. The van der Waals surface area contributed by atoms with Crippen LogP contribution in [0.4, 0.5) is 0 Å². The maximum Gasteiger partial charge on any atom is 0.0485 e. The van der Waals surface area contributed by atoms with Crippen molar-refractivity contribution < 1.29 is 16.8 Å². The minimum absolute atomic E-state index is 0. The van der Waals surface area contributed by atoms with Gasteiger partial charge < -0.3 is 19.9 Å². The number of benzene rings is 4. The Morgan fingerprint density at radius 2 is 0.474 bits per heavy atom. The molecule has 5 heterocycles. The van der Waals surface area contributed by atoms with Crippen molar-refractivity contribution in [2.24, 2.45) is 0 Å². The number of rotatable bonds is 4. The molecule has 269 valence electrons. The number of fused-ring (bicyclic) bond motifs is 8. The van der Waals surface area contributed by atoms with Crippen LogP contribution in [-0.2, 0) is 16.8 Å². The van der Waals surface area contributed by atoms with Gasteiger partial charge in [0.2, 0.25) is 0 Å². The van der Waals surface area contributed by atoms with Gasteiger partial charge in [0.1, 0.15) is 0 Å². The van der Waals surface area contributed by atoms with Gasteiger partial charge in [-0.05, 0) is 119 Å². The van der Waals surface area contributed by atoms with Crippen molar-refractivity contribution in [1.29, 1.82) is 0 Å². The SMILES string of the molecule is C#Cc1ccc(C2=c3ccc([nH]3)=C(c3ccc(C#C)cc3)c3ccc([nH]3)C(c3ccc(C#C)cc3)=c3ccc([nH]3)=C(c3ccc(C#C)cc3)c3ccc2[nH]3)cc1.[Co]. The van der Waals surface area contributed by atoms with Crippen molar-refractivity contribution in [3.8, 4) is 49.4 Å². The minimum atomic E-state index is 0. The Labute approximate surface area is 341 Å². The largest absolute Gasteiger partial charge is 0.354 e. The second-order valence-corrected chi connectivity index (χ2v) is 13.5. The van der Waals surface area contributed by atoms with Crippen LogP contribution in [0.3, 0.4) is 0 Å². The van der Waals surface area contributed by atoms with Crippen LogP contribution in [0, 0.1) is 49.4 Å². The van der Waals surface area contributed by atoms with Gasteiger partial charge in [0.25, 0.3) is 0 Å². The predicted octanol–water partition coefficient (Wildman–Crippen LogP) is 6.22. The third kappa shape index (κ3) is 6.68. The van der Waals surface area contributed by atoms with E-state index in [1.807, 2.05) is 48.5 Å². The first-order valence-electron chi connectivity index (χ1n) is 18.1. The molecule has 0 spiro atoms. The zero-order chi connectivity index (χ0) is 38.2. The first kappa shape index (κ1) is 36.2. The first-order chi connectivity index (χ1) is 27.5. The summed E-state index contributed by atoms with van der Waals surface area (Å²) in [5.41, 5.74) is 15.0. The number of aromatic nitrogens is 4. The summed E-state index contributed by atoms with van der Waals surface area (Å²) >= 11 is 0. The fourth-order valence-corrected chi connectivity index (χ4v) is 7.50. The first-order valence-corrected chi connectivity index (χ1v) is 18.1. The van der Waals surface area contributed by atoms with Crippen molar-refractivity contribution in [2.75, 3.05) is 0 Å². The van der Waals surface area contributed by atoms with E-state index in [9.17, 15) is 0 Å². The molecule has 1 aliphatic rings. The third-order valence-corrected chi connectivity index (χ3v) is 10.3. The number of terminal acetylenes is 4. The van der Waals surface area contributed by atoms with Crippen molar-refractivity contribution in [3.63, 3.8) is 0 Å². The van der Waals surface area contributed by atoms with Gasteiger partial charge >= 0.3 is 0 Å². The number of H-pyrrole nitrogens is 4. The number of aromatic amines is 4. The second-order valence-electron chi connectivity index (χ2n) is 13.5. The normalized spacial score (nSPS) is 11.9. The van der Waals surface area contributed by atoms with Gasteiger partial charge in [-0.25, -0.2) is 0 Å². The van der Waals surface area contributed by atoms with E-state index >= 15 is 0 Å². The van der Waals surface area contributed by atoms with E-state index in [1.54, 1.807) is 0 Å². The summed E-state index contributed by atoms with van der Waals surface area (Å²) in [5.74, 6) is 11.0. The quantitative estimate of drug-likeness (QED) is 0.154. The summed E-state index contributed by atoms with van der Waals surface area (Å²) in [5, 5.41) is 3.73. The molecule has 4 N–H and O–H groups in total. The Kier molecular flexibility index (Phi) is 9.63. The Hall–Kier alpha value is -7.77. The van der Waals surface area contributed by atoms with Crippen LogP contribution in [-0.4, -0.2) is 19.9 Å². The minimum Gasteiger partial charge on any atom is -0.354 e. The van der Waals surface area contributed by atoms with Crippen molar-refractivity contribution in [2.45, 2.75) is 0 Å². The van der Waals surface area contributed by atoms with Gasteiger partial charge in [0.05, 0.1) is 0 Å². The monoisotopic (exact) mass is 771 g/mol. The molecule has 0 aliphatic carbocycles. The smallest absolute Gasteiger partial charge is 0.0485 e. The van der Waals surface area contributed by atoms with Gasteiger partial charge in [-0.2, -0.15) is 0 Å². The van der Waals surface area contributed by atoms with Crippen LogP contribution in [0.5, 0.6) is 0 Å². The molecule has 1 aliphatic heterocycles. The molecule has 9 rings (SSSR count). The van der Waals surface area contributed by atoms with Crippen LogP contribution in [0.15, 0.2) is 146 Å². The zero-order valence-corrected chi connectivity index (χ0v) is 31.5. The molecule has 0 fully saturated rings. The van der Waals surface area contributed by atoms with E-state index in [1.165, 1.54) is 0 Å². The van der Waals surface area contributed by atoms with E-state index in [0.29, 0.717) is 0 Å². The fourth-order valence-electron chi connectivity index (χ4n) is 7.50. The number of nitrogens with one attached hydrogen (secondary N) is 4. The maximum absolute atomic E-state index is 5.77. The second kappa shape index (κ2) is 15.2. The molecule has 4 aromatic heterocycles. The van der Waals surface area contributed by atoms with Crippen LogP contribution >= 0.6 is 0 Å². The van der Waals surface area contributed by atoms with E-state index in [4.69, 9.17) is 25.7 Å². The van der Waals surface area contributed by atoms with Gasteiger partial charge in [-0.1, -0.05) is 72.2 Å². The van der Waals surface area contributed by atoms with Crippen molar-refractivity contribution >= 4 is 22.3 Å². The standard InChI is InChI=1S/C52H32N4.Co/c1-5-33-9-17-37(18-10-33)49-41-25-27-43(53-41)50(38-19-11-34(6-2)12-20-38)45-29-31-47(55-45)52(40-23-15-36(8-4)16-24-40)48-32-30-46(56-48)51(44-28-26-42(49)54-44)39-21-13-35(7-3)14-22-39;/h1-4,9-32,53-56H;. The topological polar surface area (TPSA) is 63.2 Å². The number of hydrogen-bond donors (Lipinski definition) is 4. The summed E-state index contributed by atoms with van der Waals surface area (Å²) in [6.45, 7) is 0. The Morgan fingerprint density at radius 1 is 0.263 bits per heavy atom. The summed E-state index contributed by atoms with van der Waals surface area (Å²) in [7, 11) is 0. The number of hydrogen-bond acceptors (Lipinski definition) is 0.